The molecule has 1 spiro atoms. The molecule has 4 heterocycles. The van der Waals surface area contributed by atoms with Gasteiger partial charge in [-0.05, 0) is 0 Å². The number of hydrogen-bond donors (Lipinski definition) is 0. The molecule has 2 amide bonds. The molecule has 3 aliphatic heterocycles. The summed E-state index contributed by atoms with van der Waals surface area (Å²) in [7, 11) is 0. The van der Waals surface area contributed by atoms with Gasteiger partial charge in [0.1, 0.15) is 17.8 Å². The minimum absolute atomic E-state index is 0.0458. The molecule has 9 nitrogen and oxygen atoms in total. The molecule has 9 heteroatoms. The molecule has 1 aromatic rings. The quantitative estimate of drug-likeness (QED) is 0.726. The Morgan fingerprint density at radius 1 is 0.963 bits per heavy atom. The molecule has 0 N–H and O–H groups in total. The first-order valence-electron chi connectivity index (χ1n) is 9.46. The minimum Gasteiger partial charge on any atom is -0.356 e. The van der Waals surface area contributed by atoms with Crippen LogP contribution in [0.15, 0.2) is 12.4 Å². The molecule has 27 heavy (non-hydrogen) atoms. The van der Waals surface area contributed by atoms with Gasteiger partial charge in [-0.1, -0.05) is 0 Å². The zero-order valence-corrected chi connectivity index (χ0v) is 15.6. The van der Waals surface area contributed by atoms with Gasteiger partial charge in [0.2, 0.25) is 5.91 Å². The topological polar surface area (TPSA) is 88.1 Å². The second-order valence-electron chi connectivity index (χ2n) is 7.15. The third-order valence-electron chi connectivity index (χ3n) is 5.55. The van der Waals surface area contributed by atoms with E-state index in [1.165, 1.54) is 6.33 Å². The number of nitrogens with zero attached hydrogens (tertiary/aromatic N) is 5. The van der Waals surface area contributed by atoms with Crippen LogP contribution in [-0.4, -0.2) is 89.9 Å². The zero-order chi connectivity index (χ0) is 18.9. The summed E-state index contributed by atoms with van der Waals surface area (Å²) in [5.74, 6) is 0.254. The molecule has 0 aliphatic carbocycles. The highest BCUT2D eigenvalue weighted by Crippen LogP contribution is 2.32. The van der Waals surface area contributed by atoms with E-state index in [0.717, 1.165) is 31.7 Å². The molecule has 0 aromatic carbocycles. The highest BCUT2D eigenvalue weighted by molar-refractivity contribution is 5.93. The fraction of sp³-hybridized carbons (Fsp3) is 0.667. The first-order chi connectivity index (χ1) is 13.1. The predicted octanol–water partition coefficient (Wildman–Crippen LogP) is 0.124. The summed E-state index contributed by atoms with van der Waals surface area (Å²) in [5, 5.41) is 0. The molecule has 4 rings (SSSR count). The van der Waals surface area contributed by atoms with Crippen LogP contribution in [0.1, 0.15) is 30.3 Å². The molecular formula is C18H25N5O4. The third-order valence-corrected chi connectivity index (χ3v) is 5.55. The molecule has 3 saturated heterocycles. The number of anilines is 1. The molecule has 0 radical (unpaired) electrons. The molecular weight excluding hydrogens is 350 g/mol. The van der Waals surface area contributed by atoms with Gasteiger partial charge in [0.15, 0.2) is 5.79 Å². The number of ether oxygens (including phenoxy) is 2. The van der Waals surface area contributed by atoms with Crippen molar-refractivity contribution in [3.63, 3.8) is 0 Å². The van der Waals surface area contributed by atoms with E-state index in [1.54, 1.807) is 22.8 Å². The average Bonchev–Trinajstić information content (AvgIpc) is 3.16. The summed E-state index contributed by atoms with van der Waals surface area (Å²) in [4.78, 5) is 38.4. The first-order valence-corrected chi connectivity index (χ1v) is 9.46. The maximum Gasteiger partial charge on any atom is 0.272 e. The number of carbonyl (C=O) groups excluding carboxylic acids is 2. The van der Waals surface area contributed by atoms with Crippen LogP contribution in [0, 0.1) is 0 Å². The van der Waals surface area contributed by atoms with Crippen molar-refractivity contribution in [3.05, 3.63) is 18.1 Å². The standard InChI is InChI=1S/C18H25N5O4/c1-14(24)21-6-8-23(9-7-21)17(25)15-12-16(20-13-19-15)22-4-2-18(3-5-22)26-10-11-27-18/h12-13H,2-11H2,1H3. The van der Waals surface area contributed by atoms with E-state index in [-0.39, 0.29) is 11.8 Å². The Labute approximate surface area is 158 Å². The number of carbonyl (C=O) groups is 2. The highest BCUT2D eigenvalue weighted by atomic mass is 16.7. The molecule has 0 unspecified atom stereocenters. The Bertz CT molecular complexity index is 703. The Balaban J connectivity index is 1.39. The summed E-state index contributed by atoms with van der Waals surface area (Å²) < 4.78 is 11.5. The van der Waals surface area contributed by atoms with Gasteiger partial charge in [-0.15, -0.1) is 0 Å². The first kappa shape index (κ1) is 18.1. The van der Waals surface area contributed by atoms with Crippen molar-refractivity contribution in [2.45, 2.75) is 25.6 Å². The Morgan fingerprint density at radius 2 is 1.59 bits per heavy atom. The van der Waals surface area contributed by atoms with Crippen molar-refractivity contribution in [1.82, 2.24) is 19.8 Å². The lowest BCUT2D eigenvalue weighted by molar-refractivity contribution is -0.169. The van der Waals surface area contributed by atoms with Gasteiger partial charge in [0.05, 0.1) is 13.2 Å². The monoisotopic (exact) mass is 375 g/mol. The van der Waals surface area contributed by atoms with Crippen molar-refractivity contribution < 1.29 is 19.1 Å². The van der Waals surface area contributed by atoms with Gasteiger partial charge in [0, 0.05) is 65.1 Å². The zero-order valence-electron chi connectivity index (χ0n) is 15.6. The second-order valence-corrected chi connectivity index (χ2v) is 7.15. The van der Waals surface area contributed by atoms with Crippen molar-refractivity contribution in [2.24, 2.45) is 0 Å². The average molecular weight is 375 g/mol. The van der Waals surface area contributed by atoms with Crippen LogP contribution >= 0.6 is 0 Å². The molecule has 0 bridgehead atoms. The van der Waals surface area contributed by atoms with Gasteiger partial charge in [-0.3, -0.25) is 9.59 Å². The summed E-state index contributed by atoms with van der Waals surface area (Å²) in [5.41, 5.74) is 0.393. The Hall–Kier alpha value is -2.26. The Morgan fingerprint density at radius 3 is 2.22 bits per heavy atom. The van der Waals surface area contributed by atoms with Crippen LogP contribution in [0.25, 0.3) is 0 Å². The van der Waals surface area contributed by atoms with Gasteiger partial charge in [0.25, 0.3) is 5.91 Å². The van der Waals surface area contributed by atoms with Crippen LogP contribution in [0.5, 0.6) is 0 Å². The summed E-state index contributed by atoms with van der Waals surface area (Å²) in [6.07, 6.45) is 3.02. The largest absolute Gasteiger partial charge is 0.356 e. The fourth-order valence-electron chi connectivity index (χ4n) is 3.89. The van der Waals surface area contributed by atoms with Gasteiger partial charge >= 0.3 is 0 Å². The van der Waals surface area contributed by atoms with Crippen molar-refractivity contribution in [2.75, 3.05) is 57.4 Å². The van der Waals surface area contributed by atoms with E-state index < -0.39 is 5.79 Å². The van der Waals surface area contributed by atoms with Crippen LogP contribution in [0.3, 0.4) is 0 Å². The van der Waals surface area contributed by atoms with E-state index in [9.17, 15) is 9.59 Å². The number of piperidine rings is 1. The predicted molar refractivity (Wildman–Crippen MR) is 96.3 cm³/mol. The number of piperazine rings is 1. The van der Waals surface area contributed by atoms with Crippen LogP contribution in [0.2, 0.25) is 0 Å². The normalized spacial score (nSPS) is 22.3. The van der Waals surface area contributed by atoms with Gasteiger partial charge < -0.3 is 24.2 Å². The van der Waals surface area contributed by atoms with E-state index in [4.69, 9.17) is 9.47 Å². The van der Waals surface area contributed by atoms with E-state index >= 15 is 0 Å². The van der Waals surface area contributed by atoms with Crippen LogP contribution in [0.4, 0.5) is 5.82 Å². The molecule has 3 aliphatic rings. The van der Waals surface area contributed by atoms with E-state index in [2.05, 4.69) is 14.9 Å². The maximum atomic E-state index is 12.8. The number of aromatic nitrogens is 2. The number of amides is 2. The van der Waals surface area contributed by atoms with E-state index in [0.29, 0.717) is 45.1 Å². The summed E-state index contributed by atoms with van der Waals surface area (Å²) >= 11 is 0. The lowest BCUT2D eigenvalue weighted by Gasteiger charge is -2.38. The van der Waals surface area contributed by atoms with Gasteiger partial charge in [-0.2, -0.15) is 0 Å². The van der Waals surface area contributed by atoms with Crippen molar-refractivity contribution in [3.8, 4) is 0 Å². The van der Waals surface area contributed by atoms with E-state index in [1.807, 2.05) is 0 Å². The lowest BCUT2D eigenvalue weighted by Crippen LogP contribution is -2.50. The summed E-state index contributed by atoms with van der Waals surface area (Å²) in [6.45, 7) is 6.58. The smallest absolute Gasteiger partial charge is 0.272 e. The molecule has 1 aromatic heterocycles. The SMILES string of the molecule is CC(=O)N1CCN(C(=O)c2cc(N3CCC4(CC3)OCCO4)ncn2)CC1. The van der Waals surface area contributed by atoms with Gasteiger partial charge in [-0.25, -0.2) is 9.97 Å². The molecule has 146 valence electrons. The maximum absolute atomic E-state index is 12.8. The molecule has 0 saturated carbocycles. The van der Waals surface area contributed by atoms with Crippen LogP contribution < -0.4 is 4.90 Å². The van der Waals surface area contributed by atoms with Crippen molar-refractivity contribution >= 4 is 17.6 Å². The second kappa shape index (κ2) is 7.40. The van der Waals surface area contributed by atoms with Crippen molar-refractivity contribution in [1.29, 1.82) is 0 Å². The molecule has 3 fully saturated rings. The van der Waals surface area contributed by atoms with Crippen LogP contribution in [-0.2, 0) is 14.3 Å². The highest BCUT2D eigenvalue weighted by Gasteiger charge is 2.40. The fourth-order valence-corrected chi connectivity index (χ4v) is 3.89. The number of rotatable bonds is 2. The minimum atomic E-state index is -0.432. The molecule has 0 atom stereocenters. The number of hydrogen-bond acceptors (Lipinski definition) is 7. The summed E-state index contributed by atoms with van der Waals surface area (Å²) in [6, 6.07) is 1.76. The third kappa shape index (κ3) is 3.74. The lowest BCUT2D eigenvalue weighted by atomic mass is 10.0. The Kier molecular flexibility index (Phi) is 4.96.